The first-order valence-corrected chi connectivity index (χ1v) is 10.3. The molecule has 0 aromatic heterocycles. The molecule has 2 saturated heterocycles. The summed E-state index contributed by atoms with van der Waals surface area (Å²) in [7, 11) is -3.36. The van der Waals surface area contributed by atoms with Gasteiger partial charge in [-0.2, -0.15) is 9.57 Å². The van der Waals surface area contributed by atoms with E-state index in [1.54, 1.807) is 4.31 Å². The van der Waals surface area contributed by atoms with Gasteiger partial charge in [0.05, 0.1) is 23.8 Å². The van der Waals surface area contributed by atoms with Crippen molar-refractivity contribution in [3.8, 4) is 6.07 Å². The van der Waals surface area contributed by atoms with Gasteiger partial charge in [-0.3, -0.25) is 0 Å². The van der Waals surface area contributed by atoms with Crippen molar-refractivity contribution in [2.75, 3.05) is 18.9 Å². The summed E-state index contributed by atoms with van der Waals surface area (Å²) < 4.78 is 32.7. The van der Waals surface area contributed by atoms with Gasteiger partial charge in [-0.1, -0.05) is 30.3 Å². The van der Waals surface area contributed by atoms with E-state index in [1.165, 1.54) is 0 Å². The fourth-order valence-electron chi connectivity index (χ4n) is 3.76. The average Bonchev–Trinajstić information content (AvgIpc) is 3.27. The number of hydrogen-bond acceptors (Lipinski definition) is 4. The number of benzene rings is 1. The van der Waals surface area contributed by atoms with E-state index in [0.29, 0.717) is 13.0 Å². The van der Waals surface area contributed by atoms with Crippen molar-refractivity contribution in [1.82, 2.24) is 4.31 Å². The van der Waals surface area contributed by atoms with Crippen LogP contribution in [0.25, 0.3) is 0 Å². The molecule has 0 amide bonds. The minimum Gasteiger partial charge on any atom is -0.378 e. The van der Waals surface area contributed by atoms with E-state index < -0.39 is 15.9 Å². The number of nitrogens with zero attached hydrogens (tertiary/aromatic N) is 2. The average molecular weight is 348 g/mol. The second-order valence-corrected chi connectivity index (χ2v) is 8.62. The molecule has 24 heavy (non-hydrogen) atoms. The van der Waals surface area contributed by atoms with Gasteiger partial charge in [0.1, 0.15) is 0 Å². The Bertz CT molecular complexity index is 678. The molecule has 2 fully saturated rings. The largest absolute Gasteiger partial charge is 0.378 e. The van der Waals surface area contributed by atoms with Crippen molar-refractivity contribution in [2.24, 2.45) is 0 Å². The summed E-state index contributed by atoms with van der Waals surface area (Å²) in [6.07, 6.45) is 4.14. The molecule has 2 heterocycles. The monoisotopic (exact) mass is 348 g/mol. The second kappa shape index (κ2) is 7.64. The highest BCUT2D eigenvalue weighted by Crippen LogP contribution is 2.33. The van der Waals surface area contributed by atoms with Gasteiger partial charge in [-0.15, -0.1) is 0 Å². The highest BCUT2D eigenvalue weighted by atomic mass is 32.2. The molecule has 6 heteroatoms. The Hall–Kier alpha value is -1.42. The first-order valence-electron chi connectivity index (χ1n) is 8.67. The molecule has 0 saturated carbocycles. The molecule has 0 bridgehead atoms. The summed E-state index contributed by atoms with van der Waals surface area (Å²) in [5.74, 6) is -0.299. The molecule has 3 atom stereocenters. The summed E-state index contributed by atoms with van der Waals surface area (Å²) >= 11 is 0. The Balaban J connectivity index is 1.72. The molecule has 0 aliphatic carbocycles. The topological polar surface area (TPSA) is 70.4 Å². The predicted molar refractivity (Wildman–Crippen MR) is 91.9 cm³/mol. The van der Waals surface area contributed by atoms with Crippen LogP contribution in [0.5, 0.6) is 0 Å². The van der Waals surface area contributed by atoms with Gasteiger partial charge >= 0.3 is 0 Å². The van der Waals surface area contributed by atoms with Crippen molar-refractivity contribution < 1.29 is 13.2 Å². The smallest absolute Gasteiger partial charge is 0.214 e. The molecule has 0 unspecified atom stereocenters. The zero-order chi connectivity index (χ0) is 17.0. The summed E-state index contributed by atoms with van der Waals surface area (Å²) in [6.45, 7) is 1.26. The van der Waals surface area contributed by atoms with E-state index in [4.69, 9.17) is 4.74 Å². The molecule has 0 radical (unpaired) electrons. The molecular formula is C18H24N2O3S. The molecule has 5 nitrogen and oxygen atoms in total. The third-order valence-electron chi connectivity index (χ3n) is 5.01. The molecular weight excluding hydrogens is 324 g/mol. The van der Waals surface area contributed by atoms with E-state index in [9.17, 15) is 13.7 Å². The van der Waals surface area contributed by atoms with Crippen LogP contribution >= 0.6 is 0 Å². The Morgan fingerprint density at radius 1 is 1.25 bits per heavy atom. The number of ether oxygens (including phenoxy) is 1. The zero-order valence-corrected chi connectivity index (χ0v) is 14.6. The summed E-state index contributed by atoms with van der Waals surface area (Å²) in [5.41, 5.74) is 0.895. The highest BCUT2D eigenvalue weighted by molar-refractivity contribution is 7.89. The minimum absolute atomic E-state index is 0.0710. The second-order valence-electron chi connectivity index (χ2n) is 6.58. The summed E-state index contributed by atoms with van der Waals surface area (Å²) in [6, 6.07) is 11.6. The van der Waals surface area contributed by atoms with Crippen LogP contribution in [0.4, 0.5) is 0 Å². The van der Waals surface area contributed by atoms with Gasteiger partial charge < -0.3 is 4.74 Å². The van der Waals surface area contributed by atoms with Crippen LogP contribution in [-0.2, 0) is 14.8 Å². The van der Waals surface area contributed by atoms with Gasteiger partial charge in [-0.25, -0.2) is 8.42 Å². The third-order valence-corrected chi connectivity index (χ3v) is 6.93. The lowest BCUT2D eigenvalue weighted by Crippen LogP contribution is -2.40. The molecule has 0 spiro atoms. The summed E-state index contributed by atoms with van der Waals surface area (Å²) in [5, 5.41) is 9.63. The Morgan fingerprint density at radius 2 is 2.04 bits per heavy atom. The normalized spacial score (nSPS) is 26.3. The first-order chi connectivity index (χ1) is 11.6. The van der Waals surface area contributed by atoms with E-state index in [1.807, 2.05) is 30.3 Å². The molecule has 130 valence electrons. The molecule has 1 aromatic carbocycles. The maximum Gasteiger partial charge on any atom is 0.214 e. The van der Waals surface area contributed by atoms with Gasteiger partial charge in [0.2, 0.25) is 10.0 Å². The number of rotatable bonds is 6. The molecule has 3 rings (SSSR count). The Labute approximate surface area is 144 Å². The van der Waals surface area contributed by atoms with Crippen molar-refractivity contribution in [2.45, 2.75) is 50.2 Å². The molecule has 0 N–H and O–H groups in total. The number of hydrogen-bond donors (Lipinski definition) is 0. The van der Waals surface area contributed by atoms with Crippen LogP contribution in [0.1, 0.15) is 43.6 Å². The molecule has 1 aromatic rings. The maximum absolute atomic E-state index is 12.8. The van der Waals surface area contributed by atoms with Crippen LogP contribution < -0.4 is 0 Å². The van der Waals surface area contributed by atoms with Crippen molar-refractivity contribution in [1.29, 1.82) is 5.26 Å². The van der Waals surface area contributed by atoms with Crippen LogP contribution in [0.2, 0.25) is 0 Å². The third kappa shape index (κ3) is 3.80. The Kier molecular flexibility index (Phi) is 5.54. The van der Waals surface area contributed by atoms with Gasteiger partial charge in [0, 0.05) is 19.2 Å². The van der Waals surface area contributed by atoms with Crippen LogP contribution in [0, 0.1) is 11.3 Å². The molecule has 2 aliphatic heterocycles. The van der Waals surface area contributed by atoms with Crippen molar-refractivity contribution in [3.05, 3.63) is 35.9 Å². The van der Waals surface area contributed by atoms with Gasteiger partial charge in [0.15, 0.2) is 0 Å². The standard InChI is InChI=1S/C18H24N2O3S/c19-14-17(15-6-2-1-3-7-15)18-9-4-11-20(18)24(21,22)13-10-16-8-5-12-23-16/h1-3,6-7,16-18H,4-5,8-13H2/t16-,17+,18+/m0/s1. The number of nitriles is 1. The zero-order valence-electron chi connectivity index (χ0n) is 13.8. The van der Waals surface area contributed by atoms with E-state index in [-0.39, 0.29) is 17.9 Å². The van der Waals surface area contributed by atoms with Crippen LogP contribution in [-0.4, -0.2) is 43.8 Å². The van der Waals surface area contributed by atoms with Crippen molar-refractivity contribution >= 4 is 10.0 Å². The Morgan fingerprint density at radius 3 is 2.71 bits per heavy atom. The van der Waals surface area contributed by atoms with Gasteiger partial charge in [-0.05, 0) is 37.7 Å². The number of sulfonamides is 1. The van der Waals surface area contributed by atoms with E-state index in [0.717, 1.165) is 37.9 Å². The van der Waals surface area contributed by atoms with Gasteiger partial charge in [0.25, 0.3) is 0 Å². The lowest BCUT2D eigenvalue weighted by molar-refractivity contribution is 0.108. The minimum atomic E-state index is -3.36. The first kappa shape index (κ1) is 17.4. The fraction of sp³-hybridized carbons (Fsp3) is 0.611. The lowest BCUT2D eigenvalue weighted by atomic mass is 9.92. The van der Waals surface area contributed by atoms with Crippen LogP contribution in [0.3, 0.4) is 0 Å². The summed E-state index contributed by atoms with van der Waals surface area (Å²) in [4.78, 5) is 0. The lowest BCUT2D eigenvalue weighted by Gasteiger charge is -2.28. The quantitative estimate of drug-likeness (QED) is 0.792. The SMILES string of the molecule is N#C[C@H](c1ccccc1)[C@H]1CCCN1S(=O)(=O)CC[C@@H]1CCCO1. The van der Waals surface area contributed by atoms with E-state index in [2.05, 4.69) is 6.07 Å². The fourth-order valence-corrected chi connectivity index (χ4v) is 5.60. The molecule has 2 aliphatic rings. The predicted octanol–water partition coefficient (Wildman–Crippen LogP) is 2.66. The van der Waals surface area contributed by atoms with Crippen LogP contribution in [0.15, 0.2) is 30.3 Å². The highest BCUT2D eigenvalue weighted by Gasteiger charge is 2.39. The maximum atomic E-state index is 12.8. The van der Waals surface area contributed by atoms with Crippen molar-refractivity contribution in [3.63, 3.8) is 0 Å². The van der Waals surface area contributed by atoms with E-state index >= 15 is 0 Å².